The lowest BCUT2D eigenvalue weighted by Crippen LogP contribution is -2.33. The molecule has 1 unspecified atom stereocenters. The van der Waals surface area contributed by atoms with Crippen LogP contribution in [0, 0.1) is 0 Å². The van der Waals surface area contributed by atoms with E-state index in [1.54, 1.807) is 13.2 Å². The summed E-state index contributed by atoms with van der Waals surface area (Å²) < 4.78 is 10.8. The van der Waals surface area contributed by atoms with E-state index in [-0.39, 0.29) is 0 Å². The molecule has 100 valence electrons. The van der Waals surface area contributed by atoms with Crippen molar-refractivity contribution in [3.05, 3.63) is 23.8 Å². The first kappa shape index (κ1) is 14.3. The number of nitrogens with two attached hydrogens (primary N) is 2. The van der Waals surface area contributed by atoms with Gasteiger partial charge in [-0.3, -0.25) is 4.79 Å². The Labute approximate surface area is 107 Å². The topological polar surface area (TPSA) is 87.6 Å². The van der Waals surface area contributed by atoms with E-state index in [4.69, 9.17) is 20.9 Å². The van der Waals surface area contributed by atoms with Gasteiger partial charge in [0.15, 0.2) is 17.6 Å². The van der Waals surface area contributed by atoms with E-state index in [1.165, 1.54) is 0 Å². The number of carbonyl (C=O) groups is 1. The molecular weight excluding hydrogens is 232 g/mol. The fraction of sp³-hybridized carbons (Fsp3) is 0.462. The van der Waals surface area contributed by atoms with Gasteiger partial charge in [0.2, 0.25) is 0 Å². The van der Waals surface area contributed by atoms with Crippen molar-refractivity contribution in [2.45, 2.75) is 25.9 Å². The van der Waals surface area contributed by atoms with E-state index in [0.29, 0.717) is 24.5 Å². The Balaban J connectivity index is 2.91. The molecule has 0 bridgehead atoms. The Morgan fingerprint density at radius 1 is 1.39 bits per heavy atom. The largest absolute Gasteiger partial charge is 0.493 e. The fourth-order valence-electron chi connectivity index (χ4n) is 1.63. The zero-order valence-corrected chi connectivity index (χ0v) is 10.8. The average Bonchev–Trinajstić information content (AvgIpc) is 2.36. The molecule has 1 rings (SSSR count). The van der Waals surface area contributed by atoms with Gasteiger partial charge in [-0.05, 0) is 37.1 Å². The molecule has 4 N–H and O–H groups in total. The van der Waals surface area contributed by atoms with Crippen LogP contribution in [0.4, 0.5) is 0 Å². The van der Waals surface area contributed by atoms with Crippen LogP contribution in [0.5, 0.6) is 11.5 Å². The molecule has 0 saturated carbocycles. The smallest absolute Gasteiger partial charge is 0.258 e. The summed E-state index contributed by atoms with van der Waals surface area (Å²) in [6.45, 7) is 2.41. The van der Waals surface area contributed by atoms with E-state index in [0.717, 1.165) is 12.0 Å². The number of hydrogen-bond donors (Lipinski definition) is 2. The molecule has 0 radical (unpaired) electrons. The molecule has 0 heterocycles. The van der Waals surface area contributed by atoms with E-state index < -0.39 is 12.0 Å². The van der Waals surface area contributed by atoms with Crippen LogP contribution in [0.25, 0.3) is 0 Å². The minimum Gasteiger partial charge on any atom is -0.493 e. The first-order valence-electron chi connectivity index (χ1n) is 5.95. The summed E-state index contributed by atoms with van der Waals surface area (Å²) in [5.74, 6) is 0.621. The Hall–Kier alpha value is -1.75. The van der Waals surface area contributed by atoms with Gasteiger partial charge in [0.25, 0.3) is 5.91 Å². The molecule has 0 aliphatic rings. The maximum absolute atomic E-state index is 11.1. The molecule has 1 atom stereocenters. The lowest BCUT2D eigenvalue weighted by molar-refractivity contribution is -0.124. The highest BCUT2D eigenvalue weighted by molar-refractivity contribution is 5.79. The van der Waals surface area contributed by atoms with E-state index in [1.807, 2.05) is 19.1 Å². The maximum Gasteiger partial charge on any atom is 0.258 e. The number of primary amides is 1. The number of ether oxygens (including phenoxy) is 2. The highest BCUT2D eigenvalue weighted by Gasteiger charge is 2.17. The maximum atomic E-state index is 11.1. The molecule has 0 aliphatic heterocycles. The normalized spacial score (nSPS) is 11.9. The zero-order chi connectivity index (χ0) is 13.5. The lowest BCUT2D eigenvalue weighted by atomic mass is 10.1. The summed E-state index contributed by atoms with van der Waals surface area (Å²) in [4.78, 5) is 11.1. The number of amides is 1. The summed E-state index contributed by atoms with van der Waals surface area (Å²) in [6, 6.07) is 5.53. The molecule has 5 nitrogen and oxygen atoms in total. The summed E-state index contributed by atoms with van der Waals surface area (Å²) in [5.41, 5.74) is 11.8. The summed E-state index contributed by atoms with van der Waals surface area (Å²) in [5, 5.41) is 0. The van der Waals surface area contributed by atoms with Gasteiger partial charge in [-0.1, -0.05) is 13.0 Å². The van der Waals surface area contributed by atoms with Crippen LogP contribution in [-0.2, 0) is 11.2 Å². The Morgan fingerprint density at radius 2 is 2.11 bits per heavy atom. The highest BCUT2D eigenvalue weighted by atomic mass is 16.5. The van der Waals surface area contributed by atoms with Crippen molar-refractivity contribution in [2.75, 3.05) is 13.7 Å². The number of methoxy groups -OCH3 is 1. The van der Waals surface area contributed by atoms with Crippen molar-refractivity contribution in [1.29, 1.82) is 0 Å². The van der Waals surface area contributed by atoms with Gasteiger partial charge in [-0.25, -0.2) is 0 Å². The van der Waals surface area contributed by atoms with Gasteiger partial charge in [0.1, 0.15) is 0 Å². The number of rotatable bonds is 7. The second kappa shape index (κ2) is 6.86. The summed E-state index contributed by atoms with van der Waals surface area (Å²) in [7, 11) is 1.56. The van der Waals surface area contributed by atoms with E-state index in [2.05, 4.69) is 0 Å². The SMILES string of the molecule is CCC(Oc1ccc(CCN)cc1OC)C(N)=O. The Kier molecular flexibility index (Phi) is 5.45. The van der Waals surface area contributed by atoms with Gasteiger partial charge in [-0.15, -0.1) is 0 Å². The minimum absolute atomic E-state index is 0.481. The first-order chi connectivity index (χ1) is 8.62. The van der Waals surface area contributed by atoms with Gasteiger partial charge >= 0.3 is 0 Å². The lowest BCUT2D eigenvalue weighted by Gasteiger charge is -2.17. The van der Waals surface area contributed by atoms with Crippen LogP contribution in [-0.4, -0.2) is 25.7 Å². The number of benzene rings is 1. The molecule has 0 spiro atoms. The fourth-order valence-corrected chi connectivity index (χ4v) is 1.63. The van der Waals surface area contributed by atoms with Crippen molar-refractivity contribution in [2.24, 2.45) is 11.5 Å². The van der Waals surface area contributed by atoms with Gasteiger partial charge in [0.05, 0.1) is 7.11 Å². The van der Waals surface area contributed by atoms with Crippen molar-refractivity contribution in [3.63, 3.8) is 0 Å². The molecule has 0 saturated heterocycles. The Bertz CT molecular complexity index is 407. The van der Waals surface area contributed by atoms with Crippen molar-refractivity contribution < 1.29 is 14.3 Å². The Morgan fingerprint density at radius 3 is 2.61 bits per heavy atom. The van der Waals surface area contributed by atoms with Gasteiger partial charge in [0, 0.05) is 0 Å². The van der Waals surface area contributed by atoms with Crippen LogP contribution < -0.4 is 20.9 Å². The molecular formula is C13H20N2O3. The van der Waals surface area contributed by atoms with Crippen LogP contribution in [0.1, 0.15) is 18.9 Å². The second-order valence-electron chi connectivity index (χ2n) is 3.94. The highest BCUT2D eigenvalue weighted by Crippen LogP contribution is 2.29. The molecule has 1 aromatic rings. The molecule has 0 fully saturated rings. The molecule has 18 heavy (non-hydrogen) atoms. The standard InChI is InChI=1S/C13H20N2O3/c1-3-10(13(15)16)18-11-5-4-9(6-7-14)8-12(11)17-2/h4-5,8,10H,3,6-7,14H2,1-2H3,(H2,15,16). The third-order valence-electron chi connectivity index (χ3n) is 2.62. The third kappa shape index (κ3) is 3.63. The molecule has 1 aromatic carbocycles. The van der Waals surface area contributed by atoms with Crippen molar-refractivity contribution in [3.8, 4) is 11.5 Å². The average molecular weight is 252 g/mol. The van der Waals surface area contributed by atoms with Crippen LogP contribution >= 0.6 is 0 Å². The molecule has 0 aromatic heterocycles. The van der Waals surface area contributed by atoms with Crippen LogP contribution in [0.15, 0.2) is 18.2 Å². The molecule has 0 aliphatic carbocycles. The predicted octanol–water partition coefficient (Wildman–Crippen LogP) is 0.839. The second-order valence-corrected chi connectivity index (χ2v) is 3.94. The first-order valence-corrected chi connectivity index (χ1v) is 5.95. The van der Waals surface area contributed by atoms with Crippen LogP contribution in [0.2, 0.25) is 0 Å². The summed E-state index contributed by atoms with van der Waals surface area (Å²) in [6.07, 6.45) is 0.645. The predicted molar refractivity (Wildman–Crippen MR) is 69.7 cm³/mol. The zero-order valence-electron chi connectivity index (χ0n) is 10.8. The number of carbonyl (C=O) groups excluding carboxylic acids is 1. The molecule has 5 heteroatoms. The molecule has 1 amide bonds. The van der Waals surface area contributed by atoms with Gasteiger partial charge < -0.3 is 20.9 Å². The third-order valence-corrected chi connectivity index (χ3v) is 2.62. The number of hydrogen-bond acceptors (Lipinski definition) is 4. The monoisotopic (exact) mass is 252 g/mol. The van der Waals surface area contributed by atoms with Gasteiger partial charge in [-0.2, -0.15) is 0 Å². The van der Waals surface area contributed by atoms with Crippen molar-refractivity contribution in [1.82, 2.24) is 0 Å². The minimum atomic E-state index is -0.640. The van der Waals surface area contributed by atoms with E-state index in [9.17, 15) is 4.79 Å². The van der Waals surface area contributed by atoms with Crippen LogP contribution in [0.3, 0.4) is 0 Å². The van der Waals surface area contributed by atoms with E-state index >= 15 is 0 Å². The van der Waals surface area contributed by atoms with Crippen molar-refractivity contribution >= 4 is 5.91 Å². The summed E-state index contributed by atoms with van der Waals surface area (Å²) >= 11 is 0. The quantitative estimate of drug-likeness (QED) is 0.752.